The molecule has 0 aromatic heterocycles. The van der Waals surface area contributed by atoms with Crippen molar-refractivity contribution in [2.75, 3.05) is 6.61 Å². The molecule has 0 amide bonds. The van der Waals surface area contributed by atoms with Crippen LogP contribution in [0.25, 0.3) is 0 Å². The fraction of sp³-hybridized carbons (Fsp3) is 0.895. The highest BCUT2D eigenvalue weighted by Crippen LogP contribution is 2.75. The van der Waals surface area contributed by atoms with E-state index in [0.29, 0.717) is 18.3 Å². The summed E-state index contributed by atoms with van der Waals surface area (Å²) >= 11 is 0. The number of aliphatic hydroxyl groups excluding tert-OH is 1. The highest BCUT2D eigenvalue weighted by atomic mass is 16.5. The van der Waals surface area contributed by atoms with Gasteiger partial charge in [-0.15, -0.1) is 0 Å². The van der Waals surface area contributed by atoms with E-state index < -0.39 is 5.41 Å². The molecule has 0 saturated heterocycles. The Morgan fingerprint density at radius 2 is 1.55 bits per heavy atom. The molecule has 9 atom stereocenters. The molecule has 5 aliphatic rings. The Labute approximate surface area is 257 Å². The van der Waals surface area contributed by atoms with Crippen molar-refractivity contribution >= 4 is 11.8 Å². The maximum absolute atomic E-state index is 14.5. The number of hydrogen-bond donors (Lipinski definition) is 1. The lowest BCUT2D eigenvalue weighted by Crippen LogP contribution is -2.66. The van der Waals surface area contributed by atoms with E-state index in [1.165, 1.54) is 31.3 Å². The average molecular weight is 583 g/mol. The summed E-state index contributed by atoms with van der Waals surface area (Å²) in [5.74, 6) is 0.890. The van der Waals surface area contributed by atoms with E-state index in [9.17, 15) is 14.7 Å². The molecule has 5 aliphatic carbocycles. The van der Waals surface area contributed by atoms with Gasteiger partial charge in [-0.2, -0.15) is 0 Å². The predicted molar refractivity (Wildman–Crippen MR) is 170 cm³/mol. The number of ketones is 1. The molecule has 4 fully saturated rings. The molecule has 0 radical (unpaired) electrons. The Hall–Kier alpha value is -1.16. The van der Waals surface area contributed by atoms with E-state index in [1.807, 2.05) is 0 Å². The lowest BCUT2D eigenvalue weighted by molar-refractivity contribution is -0.202. The molecular weight excluding hydrogens is 520 g/mol. The van der Waals surface area contributed by atoms with Gasteiger partial charge in [0, 0.05) is 5.92 Å². The summed E-state index contributed by atoms with van der Waals surface area (Å²) in [6.07, 6.45) is 17.7. The lowest BCUT2D eigenvalue weighted by Gasteiger charge is -2.70. The van der Waals surface area contributed by atoms with Crippen LogP contribution in [0.2, 0.25) is 0 Å². The summed E-state index contributed by atoms with van der Waals surface area (Å²) in [7, 11) is 0. The summed E-state index contributed by atoms with van der Waals surface area (Å²) in [6, 6.07) is 0. The van der Waals surface area contributed by atoms with Gasteiger partial charge in [0.15, 0.2) is 5.78 Å². The van der Waals surface area contributed by atoms with Crippen LogP contribution in [0.1, 0.15) is 152 Å². The Morgan fingerprint density at radius 1 is 0.881 bits per heavy atom. The van der Waals surface area contributed by atoms with E-state index in [-0.39, 0.29) is 51.0 Å². The van der Waals surface area contributed by atoms with Crippen LogP contribution in [-0.4, -0.2) is 29.6 Å². The van der Waals surface area contributed by atoms with Crippen LogP contribution in [0.3, 0.4) is 0 Å². The molecule has 4 saturated carbocycles. The number of ether oxygens (including phenoxy) is 1. The molecular formula is C38H62O4. The van der Waals surface area contributed by atoms with Crippen LogP contribution in [0.15, 0.2) is 11.6 Å². The third-order valence-electron chi connectivity index (χ3n) is 14.8. The molecule has 0 aliphatic heterocycles. The topological polar surface area (TPSA) is 63.6 Å². The van der Waals surface area contributed by atoms with Crippen molar-refractivity contribution in [1.82, 2.24) is 0 Å². The number of esters is 1. The Bertz CT molecular complexity index is 1090. The second-order valence-corrected chi connectivity index (χ2v) is 17.5. The van der Waals surface area contributed by atoms with Crippen molar-refractivity contribution in [2.45, 2.75) is 158 Å². The first-order valence-electron chi connectivity index (χ1n) is 17.7. The average Bonchev–Trinajstić information content (AvgIpc) is 2.92. The first-order chi connectivity index (χ1) is 19.6. The number of hydrogen-bond acceptors (Lipinski definition) is 4. The van der Waals surface area contributed by atoms with Gasteiger partial charge in [0.2, 0.25) is 0 Å². The zero-order valence-corrected chi connectivity index (χ0v) is 28.4. The molecule has 0 heterocycles. The smallest absolute Gasteiger partial charge is 0.311 e. The fourth-order valence-electron chi connectivity index (χ4n) is 11.6. The van der Waals surface area contributed by atoms with Crippen molar-refractivity contribution in [2.24, 2.45) is 50.2 Å². The van der Waals surface area contributed by atoms with E-state index >= 15 is 0 Å². The SMILES string of the molecule is CCCCCCCCOC(=O)[C@@]1(C)CC[C@]2(C)CC[C@]3(C)C(=CC(=O)C4[C@@]5(C)CC[C@H](O)C(C)(C)C5CC[C@]43C)[C@@H]2C1. The zero-order valence-electron chi connectivity index (χ0n) is 28.4. The van der Waals surface area contributed by atoms with Crippen molar-refractivity contribution in [3.05, 3.63) is 11.6 Å². The highest BCUT2D eigenvalue weighted by molar-refractivity contribution is 5.95. The van der Waals surface area contributed by atoms with E-state index in [2.05, 4.69) is 61.5 Å². The molecule has 1 N–H and O–H groups in total. The Morgan fingerprint density at radius 3 is 2.26 bits per heavy atom. The van der Waals surface area contributed by atoms with Crippen LogP contribution >= 0.6 is 0 Å². The predicted octanol–water partition coefficient (Wildman–Crippen LogP) is 9.23. The van der Waals surface area contributed by atoms with E-state index in [1.54, 1.807) is 0 Å². The highest BCUT2D eigenvalue weighted by Gasteiger charge is 2.70. The van der Waals surface area contributed by atoms with Gasteiger partial charge in [-0.3, -0.25) is 9.59 Å². The largest absolute Gasteiger partial charge is 0.465 e. The van der Waals surface area contributed by atoms with Gasteiger partial charge >= 0.3 is 5.97 Å². The summed E-state index contributed by atoms with van der Waals surface area (Å²) in [6.45, 7) is 19.1. The molecule has 2 unspecified atom stereocenters. The second-order valence-electron chi connectivity index (χ2n) is 17.5. The number of carbonyl (C=O) groups excluding carboxylic acids is 2. The van der Waals surface area contributed by atoms with Crippen molar-refractivity contribution in [1.29, 1.82) is 0 Å². The van der Waals surface area contributed by atoms with Gasteiger partial charge in [-0.25, -0.2) is 0 Å². The third-order valence-corrected chi connectivity index (χ3v) is 14.8. The van der Waals surface area contributed by atoms with Crippen molar-refractivity contribution in [3.8, 4) is 0 Å². The Kier molecular flexibility index (Phi) is 8.46. The van der Waals surface area contributed by atoms with Gasteiger partial charge in [0.05, 0.1) is 18.1 Å². The van der Waals surface area contributed by atoms with Gasteiger partial charge in [0.1, 0.15) is 0 Å². The summed E-state index contributed by atoms with van der Waals surface area (Å²) in [5, 5.41) is 11.0. The molecule has 238 valence electrons. The van der Waals surface area contributed by atoms with Crippen LogP contribution in [0.5, 0.6) is 0 Å². The first-order valence-corrected chi connectivity index (χ1v) is 17.7. The third kappa shape index (κ3) is 4.78. The van der Waals surface area contributed by atoms with Gasteiger partial charge in [-0.05, 0) is 116 Å². The van der Waals surface area contributed by atoms with E-state index in [4.69, 9.17) is 4.74 Å². The quantitative estimate of drug-likeness (QED) is 0.229. The molecule has 0 bridgehead atoms. The second kappa shape index (κ2) is 11.0. The summed E-state index contributed by atoms with van der Waals surface area (Å²) < 4.78 is 5.95. The number of aliphatic hydroxyl groups is 1. The maximum Gasteiger partial charge on any atom is 0.311 e. The summed E-state index contributed by atoms with van der Waals surface area (Å²) in [4.78, 5) is 28.1. The first kappa shape index (κ1) is 32.2. The number of rotatable bonds is 8. The molecule has 0 aromatic carbocycles. The van der Waals surface area contributed by atoms with Crippen LogP contribution in [0.4, 0.5) is 0 Å². The van der Waals surface area contributed by atoms with Gasteiger partial charge in [-0.1, -0.05) is 86.1 Å². The van der Waals surface area contributed by atoms with Gasteiger partial charge in [0.25, 0.3) is 0 Å². The number of allylic oxidation sites excluding steroid dienone is 2. The molecule has 4 heteroatoms. The normalized spacial score (nSPS) is 46.0. The molecule has 0 spiro atoms. The number of unbranched alkanes of at least 4 members (excludes halogenated alkanes) is 5. The maximum atomic E-state index is 14.5. The lowest BCUT2D eigenvalue weighted by atomic mass is 9.33. The van der Waals surface area contributed by atoms with Crippen molar-refractivity contribution < 1.29 is 19.4 Å². The molecule has 42 heavy (non-hydrogen) atoms. The standard InChI is InChI=1S/C38H62O4/c1-9-10-11-12-13-14-23-42-32(41)35(5)20-19-34(4)21-22-37(7)26(27(34)25-35)24-28(39)31-36(6)17-16-30(40)33(2,3)29(36)15-18-38(31,37)8/h24,27,29-31,40H,9-23,25H2,1-8H3/t27-,29?,30-,31?,34+,35-,36-,37+,38+/m0/s1. The number of carbonyl (C=O) groups is 2. The monoisotopic (exact) mass is 582 g/mol. The number of fused-ring (bicyclic) bond motifs is 7. The molecule has 0 aromatic rings. The van der Waals surface area contributed by atoms with E-state index in [0.717, 1.165) is 70.6 Å². The minimum absolute atomic E-state index is 0.00843. The minimum Gasteiger partial charge on any atom is -0.465 e. The Balaban J connectivity index is 1.40. The molecule has 4 nitrogen and oxygen atoms in total. The van der Waals surface area contributed by atoms with Crippen LogP contribution in [0, 0.1) is 50.2 Å². The fourth-order valence-corrected chi connectivity index (χ4v) is 11.6. The van der Waals surface area contributed by atoms with Gasteiger partial charge < -0.3 is 9.84 Å². The minimum atomic E-state index is -0.487. The van der Waals surface area contributed by atoms with Crippen LogP contribution < -0.4 is 0 Å². The van der Waals surface area contributed by atoms with Crippen molar-refractivity contribution in [3.63, 3.8) is 0 Å². The van der Waals surface area contributed by atoms with Crippen LogP contribution in [-0.2, 0) is 14.3 Å². The molecule has 5 rings (SSSR count). The zero-order chi connectivity index (χ0) is 30.8. The summed E-state index contributed by atoms with van der Waals surface area (Å²) in [5.41, 5.74) is 0.569.